The lowest BCUT2D eigenvalue weighted by Crippen LogP contribution is -2.53. The molecule has 2 aromatic rings. The number of likely N-dealkylation sites (tertiary alicyclic amines) is 1. The Hall–Kier alpha value is -2.57. The summed E-state index contributed by atoms with van der Waals surface area (Å²) in [5.41, 5.74) is -0.178. The molecule has 178 valence electrons. The molecule has 9 heteroatoms. The van der Waals surface area contributed by atoms with E-state index in [1.165, 1.54) is 29.5 Å². The molecule has 1 saturated heterocycles. The number of hydrogen-bond donors (Lipinski definition) is 1. The fourth-order valence-electron chi connectivity index (χ4n) is 4.36. The van der Waals surface area contributed by atoms with Crippen LogP contribution in [0, 0.1) is 28.1 Å². The lowest BCUT2D eigenvalue weighted by molar-refractivity contribution is -0.156. The van der Waals surface area contributed by atoms with Crippen molar-refractivity contribution < 1.29 is 23.4 Å². The van der Waals surface area contributed by atoms with Crippen LogP contribution in [0.25, 0.3) is 10.6 Å². The lowest BCUT2D eigenvalue weighted by atomic mass is 9.66. The molecule has 2 heterocycles. The number of halogens is 2. The predicted molar refractivity (Wildman–Crippen MR) is 122 cm³/mol. The van der Waals surface area contributed by atoms with Crippen LogP contribution in [0.5, 0.6) is 5.75 Å². The van der Waals surface area contributed by atoms with E-state index in [-0.39, 0.29) is 17.1 Å². The number of ether oxygens (including phenoxy) is 1. The average Bonchev–Trinajstić information content (AvgIpc) is 3.20. The second kappa shape index (κ2) is 9.74. The summed E-state index contributed by atoms with van der Waals surface area (Å²) in [6, 6.07) is 6.27. The van der Waals surface area contributed by atoms with E-state index in [2.05, 4.69) is 35.4 Å². The van der Waals surface area contributed by atoms with Gasteiger partial charge in [0.05, 0.1) is 22.6 Å². The van der Waals surface area contributed by atoms with E-state index in [4.69, 9.17) is 0 Å². The van der Waals surface area contributed by atoms with Gasteiger partial charge >= 0.3 is 12.6 Å². The number of piperidine rings is 1. The van der Waals surface area contributed by atoms with Gasteiger partial charge < -0.3 is 9.84 Å². The summed E-state index contributed by atoms with van der Waals surface area (Å²) in [7, 11) is 0. The minimum Gasteiger partial charge on any atom is -0.481 e. The largest absolute Gasteiger partial charge is 0.481 e. The van der Waals surface area contributed by atoms with Gasteiger partial charge in [-0.15, -0.1) is 11.3 Å². The molecule has 1 aliphatic heterocycles. The highest BCUT2D eigenvalue weighted by atomic mass is 32.1. The van der Waals surface area contributed by atoms with Crippen molar-refractivity contribution in [1.29, 1.82) is 5.26 Å². The van der Waals surface area contributed by atoms with Gasteiger partial charge in [0.1, 0.15) is 10.8 Å². The predicted octanol–water partition coefficient (Wildman–Crippen LogP) is 5.63. The molecule has 6 nitrogen and oxygen atoms in total. The molecule has 0 aliphatic carbocycles. The summed E-state index contributed by atoms with van der Waals surface area (Å²) in [6.07, 6.45) is 2.87. The highest BCUT2D eigenvalue weighted by Crippen LogP contribution is 2.44. The Morgan fingerprint density at radius 3 is 2.76 bits per heavy atom. The summed E-state index contributed by atoms with van der Waals surface area (Å²) in [5, 5.41) is 19.7. The second-order valence-corrected chi connectivity index (χ2v) is 10.8. The van der Waals surface area contributed by atoms with E-state index >= 15 is 0 Å². The van der Waals surface area contributed by atoms with E-state index in [0.29, 0.717) is 42.1 Å². The number of alkyl halides is 2. The van der Waals surface area contributed by atoms with E-state index in [1.807, 2.05) is 13.0 Å². The molecule has 1 aromatic heterocycles. The Morgan fingerprint density at radius 2 is 2.18 bits per heavy atom. The first-order valence-corrected chi connectivity index (χ1v) is 11.7. The third-order valence-corrected chi connectivity index (χ3v) is 7.50. The third-order valence-electron chi connectivity index (χ3n) is 6.49. The van der Waals surface area contributed by atoms with Crippen molar-refractivity contribution in [3.05, 3.63) is 34.8 Å². The van der Waals surface area contributed by atoms with Gasteiger partial charge in [0.15, 0.2) is 0 Å². The van der Waals surface area contributed by atoms with Crippen LogP contribution in [-0.2, 0) is 11.3 Å². The monoisotopic (exact) mass is 477 g/mol. The molecule has 1 N–H and O–H groups in total. The molecule has 33 heavy (non-hydrogen) atoms. The van der Waals surface area contributed by atoms with Crippen molar-refractivity contribution in [1.82, 2.24) is 9.88 Å². The molecule has 0 spiro atoms. The van der Waals surface area contributed by atoms with Crippen LogP contribution in [0.4, 0.5) is 8.78 Å². The van der Waals surface area contributed by atoms with Crippen molar-refractivity contribution in [3.8, 4) is 22.4 Å². The van der Waals surface area contributed by atoms with Crippen LogP contribution in [0.15, 0.2) is 24.4 Å². The zero-order valence-electron chi connectivity index (χ0n) is 19.3. The quantitative estimate of drug-likeness (QED) is 0.556. The van der Waals surface area contributed by atoms with E-state index in [9.17, 15) is 23.9 Å². The van der Waals surface area contributed by atoms with Crippen LogP contribution >= 0.6 is 11.3 Å². The average molecular weight is 478 g/mol. The molecular formula is C24H29F2N3O3S. The fraction of sp³-hybridized carbons (Fsp3) is 0.542. The molecule has 0 unspecified atom stereocenters. The van der Waals surface area contributed by atoms with Crippen LogP contribution in [-0.4, -0.2) is 40.7 Å². The number of aromatic nitrogens is 1. The number of nitriles is 1. The molecule has 0 bridgehead atoms. The van der Waals surface area contributed by atoms with Crippen molar-refractivity contribution in [2.45, 2.75) is 53.7 Å². The molecule has 0 amide bonds. The van der Waals surface area contributed by atoms with Crippen molar-refractivity contribution in [2.75, 3.05) is 13.1 Å². The molecule has 1 aliphatic rings. The highest BCUT2D eigenvalue weighted by molar-refractivity contribution is 7.15. The van der Waals surface area contributed by atoms with Crippen molar-refractivity contribution in [3.63, 3.8) is 0 Å². The van der Waals surface area contributed by atoms with Crippen LogP contribution < -0.4 is 4.74 Å². The number of carboxylic acids is 1. The molecular weight excluding hydrogens is 448 g/mol. The molecule has 2 atom stereocenters. The Bertz CT molecular complexity index is 1040. The maximum Gasteiger partial charge on any atom is 0.387 e. The van der Waals surface area contributed by atoms with Gasteiger partial charge in [-0.2, -0.15) is 14.0 Å². The van der Waals surface area contributed by atoms with E-state index in [1.54, 1.807) is 6.20 Å². The van der Waals surface area contributed by atoms with Gasteiger partial charge in [0, 0.05) is 30.7 Å². The first-order chi connectivity index (χ1) is 15.5. The standard InChI is InChI=1S/C24H29F2N3O3S/c1-5-24(21(30)31)9-16(23(2,3)4)12-29(14-24)13-17-11-28-20(33-17)18-8-15(10-27)6-7-19(18)32-22(25)26/h6-8,11,16,22H,5,9,12-14H2,1-4H3,(H,30,31)/t16-,24-/m1/s1. The maximum atomic E-state index is 12.9. The SMILES string of the molecule is CC[C@@]1(C(=O)O)C[C@@H](C(C)(C)C)CN(Cc2cnc(-c3cc(C#N)ccc3OC(F)F)s2)C1. The normalized spacial score (nSPS) is 21.7. The van der Waals surface area contributed by atoms with Crippen LogP contribution in [0.1, 0.15) is 51.0 Å². The smallest absolute Gasteiger partial charge is 0.387 e. The van der Waals surface area contributed by atoms with Crippen LogP contribution in [0.3, 0.4) is 0 Å². The fourth-order valence-corrected chi connectivity index (χ4v) is 5.33. The number of benzene rings is 1. The summed E-state index contributed by atoms with van der Waals surface area (Å²) >= 11 is 1.33. The number of aliphatic carboxylic acids is 1. The topological polar surface area (TPSA) is 86.5 Å². The Labute approximate surface area is 196 Å². The van der Waals surface area contributed by atoms with Crippen LogP contribution in [0.2, 0.25) is 0 Å². The van der Waals surface area contributed by atoms with Gasteiger partial charge in [-0.25, -0.2) is 4.98 Å². The number of rotatable bonds is 7. The number of carbonyl (C=O) groups is 1. The molecule has 1 aromatic carbocycles. The first kappa shape index (κ1) is 25.1. The Morgan fingerprint density at radius 1 is 1.45 bits per heavy atom. The van der Waals surface area contributed by atoms with Gasteiger partial charge in [-0.1, -0.05) is 27.7 Å². The second-order valence-electron chi connectivity index (χ2n) is 9.71. The molecule has 0 radical (unpaired) electrons. The number of hydrogen-bond acceptors (Lipinski definition) is 6. The van der Waals surface area contributed by atoms with Gasteiger partial charge in [0.2, 0.25) is 0 Å². The van der Waals surface area contributed by atoms with Gasteiger partial charge in [-0.3, -0.25) is 9.69 Å². The minimum absolute atomic E-state index is 0.0351. The first-order valence-electron chi connectivity index (χ1n) is 10.9. The summed E-state index contributed by atoms with van der Waals surface area (Å²) in [6.45, 7) is 7.09. The molecule has 3 rings (SSSR count). The molecule has 1 fully saturated rings. The third kappa shape index (κ3) is 5.68. The summed E-state index contributed by atoms with van der Waals surface area (Å²) in [4.78, 5) is 19.7. The summed E-state index contributed by atoms with van der Waals surface area (Å²) < 4.78 is 30.3. The van der Waals surface area contributed by atoms with Crippen molar-refractivity contribution in [2.24, 2.45) is 16.7 Å². The number of carboxylic acid groups (broad SMARTS) is 1. The lowest BCUT2D eigenvalue weighted by Gasteiger charge is -2.47. The number of thiazole rings is 1. The van der Waals surface area contributed by atoms with Crippen molar-refractivity contribution >= 4 is 17.3 Å². The maximum absolute atomic E-state index is 12.9. The van der Waals surface area contributed by atoms with Gasteiger partial charge in [0.25, 0.3) is 0 Å². The molecule has 0 saturated carbocycles. The Kier molecular flexibility index (Phi) is 7.39. The van der Waals surface area contributed by atoms with E-state index in [0.717, 1.165) is 11.4 Å². The minimum atomic E-state index is -2.99. The summed E-state index contributed by atoms with van der Waals surface area (Å²) in [5.74, 6) is -0.587. The zero-order chi connectivity index (χ0) is 24.4. The Balaban J connectivity index is 1.88. The van der Waals surface area contributed by atoms with E-state index < -0.39 is 18.0 Å². The zero-order valence-corrected chi connectivity index (χ0v) is 20.1. The van der Waals surface area contributed by atoms with Gasteiger partial charge in [-0.05, 0) is 42.4 Å². The number of nitrogens with zero attached hydrogens (tertiary/aromatic N) is 3. The highest BCUT2D eigenvalue weighted by Gasteiger charge is 2.47.